The Morgan fingerprint density at radius 2 is 1.29 bits per heavy atom. The van der Waals surface area contributed by atoms with Crippen molar-refractivity contribution in [3.05, 3.63) is 46.5 Å². The van der Waals surface area contributed by atoms with Crippen LogP contribution < -0.4 is 0 Å². The van der Waals surface area contributed by atoms with Crippen LogP contribution in [0.5, 0.6) is 0 Å². The quantitative estimate of drug-likeness (QED) is 0.683. The van der Waals surface area contributed by atoms with Gasteiger partial charge in [-0.15, -0.1) is 0 Å². The molecule has 0 amide bonds. The van der Waals surface area contributed by atoms with E-state index >= 15 is 0 Å². The largest absolute Gasteiger partial charge is 0.381 e. The van der Waals surface area contributed by atoms with Gasteiger partial charge in [0.1, 0.15) is 0 Å². The average Bonchev–Trinajstić information content (AvgIpc) is 2.62. The molecule has 0 radical (unpaired) electrons. The molecule has 3 nitrogen and oxygen atoms in total. The number of rotatable bonds is 0. The Labute approximate surface area is 99.1 Å². The molecule has 86 valence electrons. The van der Waals surface area contributed by atoms with Gasteiger partial charge >= 0.3 is 0 Å². The van der Waals surface area contributed by atoms with E-state index in [1.54, 1.807) is 24.3 Å². The smallest absolute Gasteiger partial charge is 0.190 e. The Morgan fingerprint density at radius 3 is 1.76 bits per heavy atom. The summed E-state index contributed by atoms with van der Waals surface area (Å²) in [5.41, 5.74) is 2.40. The van der Waals surface area contributed by atoms with E-state index in [0.29, 0.717) is 48.3 Å². The van der Waals surface area contributed by atoms with Crippen LogP contribution in [0.3, 0.4) is 0 Å². The third-order valence-electron chi connectivity index (χ3n) is 3.32. The number of carbonyl (C=O) groups excluding carboxylic acids is 2. The fourth-order valence-corrected chi connectivity index (χ4v) is 2.46. The number of carbonyl (C=O) groups is 2. The molecular formula is C14H12O3. The second-order valence-electron chi connectivity index (χ2n) is 4.27. The highest BCUT2D eigenvalue weighted by atomic mass is 16.5. The van der Waals surface area contributed by atoms with Crippen LogP contribution in [0.15, 0.2) is 35.4 Å². The van der Waals surface area contributed by atoms with Crippen molar-refractivity contribution in [2.75, 3.05) is 13.2 Å². The lowest BCUT2D eigenvalue weighted by molar-refractivity contribution is 0.0970. The zero-order valence-electron chi connectivity index (χ0n) is 9.36. The van der Waals surface area contributed by atoms with Crippen molar-refractivity contribution >= 4 is 11.6 Å². The summed E-state index contributed by atoms with van der Waals surface area (Å²) in [4.78, 5) is 24.6. The lowest BCUT2D eigenvalue weighted by Gasteiger charge is -2.18. The van der Waals surface area contributed by atoms with E-state index in [1.165, 1.54) is 0 Å². The van der Waals surface area contributed by atoms with Gasteiger partial charge < -0.3 is 4.74 Å². The van der Waals surface area contributed by atoms with Gasteiger partial charge in [0.2, 0.25) is 0 Å². The maximum absolute atomic E-state index is 12.3. The van der Waals surface area contributed by atoms with Crippen LogP contribution in [0.4, 0.5) is 0 Å². The summed E-state index contributed by atoms with van der Waals surface area (Å²) in [5, 5.41) is 0. The Kier molecular flexibility index (Phi) is 2.41. The molecule has 0 saturated heterocycles. The first-order valence-corrected chi connectivity index (χ1v) is 5.77. The van der Waals surface area contributed by atoms with Crippen LogP contribution in [0.1, 0.15) is 33.6 Å². The van der Waals surface area contributed by atoms with Crippen molar-refractivity contribution in [2.24, 2.45) is 0 Å². The van der Waals surface area contributed by atoms with E-state index in [1.807, 2.05) is 0 Å². The Balaban J connectivity index is 2.17. The summed E-state index contributed by atoms with van der Waals surface area (Å²) >= 11 is 0. The molecule has 1 aromatic carbocycles. The molecule has 1 aliphatic carbocycles. The summed E-state index contributed by atoms with van der Waals surface area (Å²) < 4.78 is 5.34. The average molecular weight is 228 g/mol. The molecule has 2 aliphatic rings. The number of ketones is 2. The predicted octanol–water partition coefficient (Wildman–Crippen LogP) is 2.17. The fraction of sp³-hybridized carbons (Fsp3) is 0.286. The van der Waals surface area contributed by atoms with Crippen LogP contribution in [0.2, 0.25) is 0 Å². The second kappa shape index (κ2) is 3.93. The predicted molar refractivity (Wildman–Crippen MR) is 62.2 cm³/mol. The molecule has 0 bridgehead atoms. The van der Waals surface area contributed by atoms with Crippen molar-refractivity contribution < 1.29 is 14.3 Å². The monoisotopic (exact) mass is 228 g/mol. The number of Topliss-reactive ketones (excluding diaryl/α,β-unsaturated/α-hetero) is 2. The number of ether oxygens (including phenoxy) is 1. The number of hydrogen-bond acceptors (Lipinski definition) is 3. The molecule has 3 rings (SSSR count). The Morgan fingerprint density at radius 1 is 0.824 bits per heavy atom. The van der Waals surface area contributed by atoms with E-state index < -0.39 is 0 Å². The molecule has 1 heterocycles. The number of hydrogen-bond donors (Lipinski definition) is 0. The van der Waals surface area contributed by atoms with E-state index in [9.17, 15) is 9.59 Å². The number of benzene rings is 1. The molecule has 3 heteroatoms. The first-order valence-electron chi connectivity index (χ1n) is 5.77. The minimum Gasteiger partial charge on any atom is -0.381 e. The number of fused-ring (bicyclic) bond motifs is 1. The van der Waals surface area contributed by atoms with Gasteiger partial charge in [0.15, 0.2) is 11.6 Å². The molecule has 1 aliphatic heterocycles. The van der Waals surface area contributed by atoms with Crippen LogP contribution in [-0.2, 0) is 4.74 Å². The van der Waals surface area contributed by atoms with E-state index in [0.717, 1.165) is 0 Å². The minimum absolute atomic E-state index is 0.000648. The van der Waals surface area contributed by atoms with Gasteiger partial charge in [-0.1, -0.05) is 24.3 Å². The van der Waals surface area contributed by atoms with E-state index in [4.69, 9.17) is 4.74 Å². The fourth-order valence-electron chi connectivity index (χ4n) is 2.46. The Bertz CT molecular complexity index is 493. The van der Waals surface area contributed by atoms with Crippen molar-refractivity contribution in [1.29, 1.82) is 0 Å². The highest BCUT2D eigenvalue weighted by Crippen LogP contribution is 2.31. The van der Waals surface area contributed by atoms with Crippen LogP contribution in [-0.4, -0.2) is 24.8 Å². The SMILES string of the molecule is O=C1C2=C(CCOCC2)C(=O)c2ccccc21. The van der Waals surface area contributed by atoms with E-state index in [-0.39, 0.29) is 11.6 Å². The van der Waals surface area contributed by atoms with Crippen molar-refractivity contribution in [3.8, 4) is 0 Å². The lowest BCUT2D eigenvalue weighted by atomic mass is 9.82. The van der Waals surface area contributed by atoms with Gasteiger partial charge in [-0.3, -0.25) is 9.59 Å². The maximum atomic E-state index is 12.3. The molecule has 0 unspecified atom stereocenters. The highest BCUT2D eigenvalue weighted by molar-refractivity contribution is 6.26. The first-order chi connectivity index (χ1) is 8.29. The summed E-state index contributed by atoms with van der Waals surface area (Å²) in [5.74, 6) is 0.00130. The summed E-state index contributed by atoms with van der Waals surface area (Å²) in [6.45, 7) is 1.06. The van der Waals surface area contributed by atoms with Gasteiger partial charge in [0, 0.05) is 35.1 Å². The molecule has 1 aromatic rings. The van der Waals surface area contributed by atoms with Gasteiger partial charge in [0.05, 0.1) is 13.2 Å². The topological polar surface area (TPSA) is 43.4 Å². The molecule has 0 fully saturated rings. The van der Waals surface area contributed by atoms with Gasteiger partial charge in [0.25, 0.3) is 0 Å². The van der Waals surface area contributed by atoms with Gasteiger partial charge in [-0.2, -0.15) is 0 Å². The first kappa shape index (κ1) is 10.4. The molecule has 17 heavy (non-hydrogen) atoms. The van der Waals surface area contributed by atoms with Crippen LogP contribution in [0.25, 0.3) is 0 Å². The van der Waals surface area contributed by atoms with Crippen LogP contribution in [0, 0.1) is 0 Å². The zero-order chi connectivity index (χ0) is 11.8. The zero-order valence-corrected chi connectivity index (χ0v) is 9.36. The normalized spacial score (nSPS) is 19.8. The standard InChI is InChI=1S/C14H12O3/c15-13-9-3-1-2-4-10(9)14(16)12-6-8-17-7-5-11(12)13/h1-4H,5-8H2. The van der Waals surface area contributed by atoms with Crippen molar-refractivity contribution in [1.82, 2.24) is 0 Å². The van der Waals surface area contributed by atoms with Crippen molar-refractivity contribution in [3.63, 3.8) is 0 Å². The second-order valence-corrected chi connectivity index (χ2v) is 4.27. The third-order valence-corrected chi connectivity index (χ3v) is 3.32. The molecule has 0 N–H and O–H groups in total. The molecule has 0 aromatic heterocycles. The molecular weight excluding hydrogens is 216 g/mol. The summed E-state index contributed by atoms with van der Waals surface area (Å²) in [6, 6.07) is 7.04. The maximum Gasteiger partial charge on any atom is 0.190 e. The molecule has 0 saturated carbocycles. The third kappa shape index (κ3) is 1.54. The minimum atomic E-state index is 0.000648. The van der Waals surface area contributed by atoms with Gasteiger partial charge in [-0.05, 0) is 0 Å². The van der Waals surface area contributed by atoms with Gasteiger partial charge in [-0.25, -0.2) is 0 Å². The van der Waals surface area contributed by atoms with Crippen molar-refractivity contribution in [2.45, 2.75) is 12.8 Å². The lowest BCUT2D eigenvalue weighted by Crippen LogP contribution is -2.22. The molecule has 0 atom stereocenters. The summed E-state index contributed by atoms with van der Waals surface area (Å²) in [7, 11) is 0. The Hall–Kier alpha value is -1.74. The highest BCUT2D eigenvalue weighted by Gasteiger charge is 2.31. The summed E-state index contributed by atoms with van der Waals surface area (Å²) in [6.07, 6.45) is 1.10. The van der Waals surface area contributed by atoms with Crippen LogP contribution >= 0.6 is 0 Å². The van der Waals surface area contributed by atoms with E-state index in [2.05, 4.69) is 0 Å². The molecule has 0 spiro atoms.